The summed E-state index contributed by atoms with van der Waals surface area (Å²) in [4.78, 5) is 21.2. The molecule has 0 unspecified atom stereocenters. The Morgan fingerprint density at radius 3 is 2.40 bits per heavy atom. The van der Waals surface area contributed by atoms with E-state index >= 15 is 0 Å². The number of carbonyl (C=O) groups excluding carboxylic acids is 1. The number of amides is 1. The van der Waals surface area contributed by atoms with Crippen LogP contribution in [0.1, 0.15) is 15.9 Å². The lowest BCUT2D eigenvalue weighted by atomic mass is 10.0. The van der Waals surface area contributed by atoms with Crippen LogP contribution in [-0.4, -0.2) is 32.2 Å². The van der Waals surface area contributed by atoms with Gasteiger partial charge in [-0.05, 0) is 41.0 Å². The molecule has 0 saturated carbocycles. The van der Waals surface area contributed by atoms with Crippen molar-refractivity contribution < 1.29 is 9.18 Å². The third kappa shape index (κ3) is 5.16. The van der Waals surface area contributed by atoms with Gasteiger partial charge in [-0.3, -0.25) is 4.79 Å². The van der Waals surface area contributed by atoms with Crippen LogP contribution >= 0.6 is 0 Å². The molecule has 0 aliphatic carbocycles. The molecular weight excluding hydrogens is 443 g/mol. The molecule has 35 heavy (non-hydrogen) atoms. The third-order valence-corrected chi connectivity index (χ3v) is 5.67. The predicted molar refractivity (Wildman–Crippen MR) is 133 cm³/mol. The second-order valence-electron chi connectivity index (χ2n) is 8.01. The highest BCUT2D eigenvalue weighted by Crippen LogP contribution is 2.20. The Kier molecular flexibility index (Phi) is 6.43. The third-order valence-electron chi connectivity index (χ3n) is 5.67. The lowest BCUT2D eigenvalue weighted by Gasteiger charge is -2.08. The Balaban J connectivity index is 1.19. The molecule has 5 aromatic rings. The van der Waals surface area contributed by atoms with Crippen LogP contribution in [-0.2, 0) is 13.1 Å². The molecule has 174 valence electrons. The SMILES string of the molecule is O=C(NCCn1ncc2c(NCc3ccc(F)cc3)ncnc21)c1ccc(-c2ccccc2)cc1. The van der Waals surface area contributed by atoms with Gasteiger partial charge in [0.2, 0.25) is 0 Å². The molecule has 2 heterocycles. The highest BCUT2D eigenvalue weighted by atomic mass is 19.1. The van der Waals surface area contributed by atoms with Crippen LogP contribution < -0.4 is 10.6 Å². The molecular formula is C27H23FN6O. The molecule has 3 aromatic carbocycles. The number of benzene rings is 3. The number of anilines is 1. The first kappa shape index (κ1) is 22.2. The number of aromatic nitrogens is 4. The smallest absolute Gasteiger partial charge is 0.251 e. The first-order chi connectivity index (χ1) is 17.2. The summed E-state index contributed by atoms with van der Waals surface area (Å²) in [5.74, 6) is 0.237. The van der Waals surface area contributed by atoms with E-state index in [1.807, 2.05) is 54.6 Å². The molecule has 5 rings (SSSR count). The van der Waals surface area contributed by atoms with Crippen LogP contribution in [0.2, 0.25) is 0 Å². The fourth-order valence-corrected chi connectivity index (χ4v) is 3.81. The normalized spacial score (nSPS) is 10.9. The van der Waals surface area contributed by atoms with Crippen molar-refractivity contribution in [2.45, 2.75) is 13.1 Å². The zero-order valence-corrected chi connectivity index (χ0v) is 18.9. The number of nitrogens with one attached hydrogen (secondary N) is 2. The van der Waals surface area contributed by atoms with E-state index in [2.05, 4.69) is 25.7 Å². The molecule has 0 fully saturated rings. The molecule has 0 saturated heterocycles. The standard InChI is InChI=1S/C27H23FN6O/c28-23-12-6-19(7-13-23)16-30-25-24-17-33-34(26(24)32-18-31-25)15-14-29-27(35)22-10-8-21(9-11-22)20-4-2-1-3-5-20/h1-13,17-18H,14-16H2,(H,29,35)(H,30,31,32). The molecule has 7 nitrogen and oxygen atoms in total. The summed E-state index contributed by atoms with van der Waals surface area (Å²) in [6.07, 6.45) is 3.17. The van der Waals surface area contributed by atoms with Crippen molar-refractivity contribution in [2.24, 2.45) is 0 Å². The number of carbonyl (C=O) groups is 1. The second-order valence-corrected chi connectivity index (χ2v) is 8.01. The Hall–Kier alpha value is -4.59. The molecule has 0 radical (unpaired) electrons. The summed E-state index contributed by atoms with van der Waals surface area (Å²) in [5.41, 5.74) is 4.38. The Labute approximate surface area is 201 Å². The number of fused-ring (bicyclic) bond motifs is 1. The van der Waals surface area contributed by atoms with E-state index in [4.69, 9.17) is 0 Å². The molecule has 0 aliphatic heterocycles. The lowest BCUT2D eigenvalue weighted by molar-refractivity contribution is 0.0952. The minimum absolute atomic E-state index is 0.141. The van der Waals surface area contributed by atoms with Crippen LogP contribution in [0.4, 0.5) is 10.2 Å². The molecule has 0 aliphatic rings. The fraction of sp³-hybridized carbons (Fsp3) is 0.111. The molecule has 0 atom stereocenters. The van der Waals surface area contributed by atoms with Gasteiger partial charge in [0.15, 0.2) is 5.65 Å². The van der Waals surface area contributed by atoms with Crippen molar-refractivity contribution in [2.75, 3.05) is 11.9 Å². The number of hydrogen-bond acceptors (Lipinski definition) is 5. The predicted octanol–water partition coefficient (Wildman–Crippen LogP) is 4.67. The quantitative estimate of drug-likeness (QED) is 0.347. The van der Waals surface area contributed by atoms with Crippen molar-refractivity contribution in [3.05, 3.63) is 108 Å². The first-order valence-electron chi connectivity index (χ1n) is 11.3. The maximum atomic E-state index is 13.1. The minimum atomic E-state index is -0.268. The Morgan fingerprint density at radius 1 is 0.886 bits per heavy atom. The summed E-state index contributed by atoms with van der Waals surface area (Å²) in [5, 5.41) is 11.4. The minimum Gasteiger partial charge on any atom is -0.365 e. The van der Waals surface area contributed by atoms with Crippen LogP contribution in [0.15, 0.2) is 91.4 Å². The zero-order valence-electron chi connectivity index (χ0n) is 18.9. The van der Waals surface area contributed by atoms with Gasteiger partial charge in [0.05, 0.1) is 18.1 Å². The number of hydrogen-bond donors (Lipinski definition) is 2. The van der Waals surface area contributed by atoms with E-state index in [0.717, 1.165) is 22.1 Å². The van der Waals surface area contributed by atoms with Gasteiger partial charge in [-0.25, -0.2) is 19.0 Å². The van der Waals surface area contributed by atoms with Crippen molar-refractivity contribution >= 4 is 22.8 Å². The monoisotopic (exact) mass is 466 g/mol. The highest BCUT2D eigenvalue weighted by molar-refractivity contribution is 5.94. The summed E-state index contributed by atoms with van der Waals surface area (Å²) < 4.78 is 14.8. The zero-order chi connectivity index (χ0) is 24.0. The summed E-state index contributed by atoms with van der Waals surface area (Å²) >= 11 is 0. The van der Waals surface area contributed by atoms with Gasteiger partial charge in [-0.1, -0.05) is 54.6 Å². The van der Waals surface area contributed by atoms with Gasteiger partial charge in [0.1, 0.15) is 18.0 Å². The van der Waals surface area contributed by atoms with Gasteiger partial charge in [-0.2, -0.15) is 5.10 Å². The highest BCUT2D eigenvalue weighted by Gasteiger charge is 2.11. The molecule has 8 heteroatoms. The van der Waals surface area contributed by atoms with E-state index in [-0.39, 0.29) is 11.7 Å². The van der Waals surface area contributed by atoms with Crippen LogP contribution in [0.5, 0.6) is 0 Å². The fourth-order valence-electron chi connectivity index (χ4n) is 3.81. The molecule has 0 bridgehead atoms. The number of rotatable bonds is 8. The van der Waals surface area contributed by atoms with E-state index in [9.17, 15) is 9.18 Å². The average Bonchev–Trinajstić information content (AvgIpc) is 3.32. The van der Waals surface area contributed by atoms with Crippen molar-refractivity contribution in [1.29, 1.82) is 0 Å². The number of halogens is 1. The van der Waals surface area contributed by atoms with Crippen molar-refractivity contribution in [1.82, 2.24) is 25.1 Å². The first-order valence-corrected chi connectivity index (χ1v) is 11.3. The number of nitrogens with zero attached hydrogens (tertiary/aromatic N) is 4. The van der Waals surface area contributed by atoms with Crippen molar-refractivity contribution in [3.63, 3.8) is 0 Å². The van der Waals surface area contributed by atoms with Crippen LogP contribution in [0.3, 0.4) is 0 Å². The topological polar surface area (TPSA) is 84.7 Å². The maximum absolute atomic E-state index is 13.1. The van der Waals surface area contributed by atoms with Gasteiger partial charge in [0.25, 0.3) is 5.91 Å². The lowest BCUT2D eigenvalue weighted by Crippen LogP contribution is -2.27. The summed E-state index contributed by atoms with van der Waals surface area (Å²) in [7, 11) is 0. The Morgan fingerprint density at radius 2 is 1.63 bits per heavy atom. The van der Waals surface area contributed by atoms with E-state index in [1.165, 1.54) is 18.5 Å². The van der Waals surface area contributed by atoms with E-state index in [0.29, 0.717) is 36.7 Å². The van der Waals surface area contributed by atoms with Crippen LogP contribution in [0.25, 0.3) is 22.2 Å². The molecule has 1 amide bonds. The summed E-state index contributed by atoms with van der Waals surface area (Å²) in [6.45, 7) is 1.36. The average molecular weight is 467 g/mol. The second kappa shape index (κ2) is 10.1. The van der Waals surface area contributed by atoms with Gasteiger partial charge < -0.3 is 10.6 Å². The molecule has 2 aromatic heterocycles. The largest absolute Gasteiger partial charge is 0.365 e. The van der Waals surface area contributed by atoms with Crippen molar-refractivity contribution in [3.8, 4) is 11.1 Å². The van der Waals surface area contributed by atoms with E-state index in [1.54, 1.807) is 23.0 Å². The summed E-state index contributed by atoms with van der Waals surface area (Å²) in [6, 6.07) is 23.9. The molecule has 0 spiro atoms. The Bertz CT molecular complexity index is 1430. The van der Waals surface area contributed by atoms with Gasteiger partial charge >= 0.3 is 0 Å². The van der Waals surface area contributed by atoms with Gasteiger partial charge in [0, 0.05) is 18.7 Å². The molecule has 2 N–H and O–H groups in total. The van der Waals surface area contributed by atoms with Gasteiger partial charge in [-0.15, -0.1) is 0 Å². The van der Waals surface area contributed by atoms with E-state index < -0.39 is 0 Å². The van der Waals surface area contributed by atoms with Crippen LogP contribution in [0, 0.1) is 5.82 Å². The maximum Gasteiger partial charge on any atom is 0.251 e.